The number of rotatable bonds is 6. The molecule has 0 aromatic heterocycles. The van der Waals surface area contributed by atoms with Crippen LogP contribution in [0.2, 0.25) is 0 Å². The number of fused-ring (bicyclic) bond motifs is 4. The van der Waals surface area contributed by atoms with Gasteiger partial charge >= 0.3 is 0 Å². The van der Waals surface area contributed by atoms with Crippen LogP contribution in [0.25, 0.3) is 10.8 Å². The topological polar surface area (TPSA) is 46.2 Å². The average Bonchev–Trinajstić information content (AvgIpc) is 2.95. The highest BCUT2D eigenvalue weighted by Crippen LogP contribution is 2.33. The Morgan fingerprint density at radius 2 is 1.24 bits per heavy atom. The second-order valence-electron chi connectivity index (χ2n) is 9.81. The summed E-state index contributed by atoms with van der Waals surface area (Å²) in [7, 11) is 0. The van der Waals surface area contributed by atoms with E-state index < -0.39 is 30.8 Å². The first-order valence-corrected chi connectivity index (χ1v) is 13.0. The molecule has 2 aliphatic rings. The lowest BCUT2D eigenvalue weighted by atomic mass is 9.97. The predicted molar refractivity (Wildman–Crippen MR) is 142 cm³/mol. The van der Waals surface area contributed by atoms with E-state index in [-0.39, 0.29) is 19.8 Å². The van der Waals surface area contributed by atoms with Gasteiger partial charge in [-0.1, -0.05) is 84.9 Å². The molecule has 0 N–H and O–H groups in total. The standard InChI is InChI=1S/C32H31FO5/c33-32-31(36-18-23-11-5-2-6-12-23)30-29(35-17-22-9-3-1-4-10-22)28(38-32)21-34-19-26-15-24-13-7-8-14-25(24)16-27(26)20-37-30/h1-16,28-32H,17-21H2/t28?,29-,30?,31-,32?/m0/s1. The highest BCUT2D eigenvalue weighted by Gasteiger charge is 2.49. The Morgan fingerprint density at radius 3 is 1.87 bits per heavy atom. The van der Waals surface area contributed by atoms with E-state index in [4.69, 9.17) is 23.7 Å². The highest BCUT2D eigenvalue weighted by molar-refractivity contribution is 5.84. The molecule has 5 nitrogen and oxygen atoms in total. The van der Waals surface area contributed by atoms with Crippen LogP contribution in [-0.4, -0.2) is 37.4 Å². The van der Waals surface area contributed by atoms with Crippen molar-refractivity contribution >= 4 is 10.8 Å². The van der Waals surface area contributed by atoms with Crippen LogP contribution in [0.15, 0.2) is 97.1 Å². The maximum Gasteiger partial charge on any atom is 0.228 e. The molecule has 0 amide bonds. The molecule has 4 aromatic rings. The zero-order chi connectivity index (χ0) is 25.7. The number of hydrogen-bond donors (Lipinski definition) is 0. The van der Waals surface area contributed by atoms with Crippen molar-refractivity contribution in [3.05, 3.63) is 119 Å². The second-order valence-corrected chi connectivity index (χ2v) is 9.81. The van der Waals surface area contributed by atoms with Crippen LogP contribution in [0.1, 0.15) is 22.3 Å². The van der Waals surface area contributed by atoms with Crippen molar-refractivity contribution in [3.63, 3.8) is 0 Å². The molecule has 2 bridgehead atoms. The first-order valence-electron chi connectivity index (χ1n) is 13.0. The summed E-state index contributed by atoms with van der Waals surface area (Å²) in [5, 5.41) is 2.26. The molecule has 1 fully saturated rings. The zero-order valence-corrected chi connectivity index (χ0v) is 21.1. The van der Waals surface area contributed by atoms with E-state index in [1.807, 2.05) is 72.8 Å². The second kappa shape index (κ2) is 11.7. The minimum atomic E-state index is -1.68. The molecule has 1 saturated heterocycles. The normalized spacial score (nSPS) is 25.6. The molecular formula is C32H31FO5. The SMILES string of the molecule is FC1OC2COCc3cc4ccccc4cc3COC([C@@H]1OCc1ccccc1)[C@H]2OCc1ccccc1. The number of benzene rings is 4. The van der Waals surface area contributed by atoms with Crippen molar-refractivity contribution in [1.82, 2.24) is 0 Å². The van der Waals surface area contributed by atoms with Gasteiger partial charge in [0.05, 0.1) is 33.0 Å². The minimum absolute atomic E-state index is 0.178. The summed E-state index contributed by atoms with van der Waals surface area (Å²) in [6.45, 7) is 1.42. The smallest absolute Gasteiger partial charge is 0.228 e. The minimum Gasteiger partial charge on any atom is -0.374 e. The van der Waals surface area contributed by atoms with E-state index in [1.54, 1.807) is 0 Å². The lowest BCUT2D eigenvalue weighted by Gasteiger charge is -2.44. The summed E-state index contributed by atoms with van der Waals surface area (Å²) in [5.74, 6) is 0. The van der Waals surface area contributed by atoms with E-state index in [0.717, 1.165) is 33.0 Å². The Labute approximate surface area is 222 Å². The average molecular weight is 515 g/mol. The van der Waals surface area contributed by atoms with Gasteiger partial charge in [0.1, 0.15) is 24.4 Å². The van der Waals surface area contributed by atoms with Crippen LogP contribution in [0.3, 0.4) is 0 Å². The Morgan fingerprint density at radius 1 is 0.684 bits per heavy atom. The summed E-state index contributed by atoms with van der Waals surface area (Å²) in [6, 6.07) is 32.1. The zero-order valence-electron chi connectivity index (χ0n) is 21.1. The van der Waals surface area contributed by atoms with E-state index in [9.17, 15) is 0 Å². The molecule has 0 aliphatic carbocycles. The fourth-order valence-corrected chi connectivity index (χ4v) is 5.17. The van der Waals surface area contributed by atoms with Gasteiger partial charge in [-0.05, 0) is 45.2 Å². The molecule has 2 heterocycles. The Kier molecular flexibility index (Phi) is 7.76. The molecule has 0 saturated carbocycles. The third kappa shape index (κ3) is 5.65. The number of ether oxygens (including phenoxy) is 5. The fraction of sp³-hybridized carbons (Fsp3) is 0.312. The summed E-state index contributed by atoms with van der Waals surface area (Å²) in [6.07, 6.45) is -4.56. The quantitative estimate of drug-likeness (QED) is 0.310. The largest absolute Gasteiger partial charge is 0.374 e. The van der Waals surface area contributed by atoms with Crippen molar-refractivity contribution in [2.75, 3.05) is 6.61 Å². The third-order valence-electron chi connectivity index (χ3n) is 7.19. The Hall–Kier alpha value is -3.13. The van der Waals surface area contributed by atoms with Gasteiger partial charge in [-0.15, -0.1) is 0 Å². The van der Waals surface area contributed by atoms with Crippen LogP contribution >= 0.6 is 0 Å². The molecule has 6 rings (SSSR count). The molecule has 196 valence electrons. The van der Waals surface area contributed by atoms with Crippen molar-refractivity contribution < 1.29 is 28.1 Å². The van der Waals surface area contributed by atoms with E-state index in [1.165, 1.54) is 0 Å². The summed E-state index contributed by atoms with van der Waals surface area (Å²) in [5.41, 5.74) is 4.01. The van der Waals surface area contributed by atoms with Gasteiger partial charge in [0.15, 0.2) is 0 Å². The maximum absolute atomic E-state index is 15.5. The molecule has 38 heavy (non-hydrogen) atoms. The highest BCUT2D eigenvalue weighted by atomic mass is 19.1. The van der Waals surface area contributed by atoms with E-state index >= 15 is 4.39 Å². The van der Waals surface area contributed by atoms with Crippen LogP contribution in [0.5, 0.6) is 0 Å². The van der Waals surface area contributed by atoms with Gasteiger partial charge in [-0.2, -0.15) is 0 Å². The van der Waals surface area contributed by atoms with Crippen LogP contribution in [0, 0.1) is 0 Å². The molecule has 5 atom stereocenters. The van der Waals surface area contributed by atoms with Gasteiger partial charge in [-0.25, -0.2) is 4.39 Å². The molecule has 0 radical (unpaired) electrons. The maximum atomic E-state index is 15.5. The number of halogens is 1. The summed E-state index contributed by atoms with van der Waals surface area (Å²) >= 11 is 0. The van der Waals surface area contributed by atoms with Crippen molar-refractivity contribution in [3.8, 4) is 0 Å². The monoisotopic (exact) mass is 514 g/mol. The van der Waals surface area contributed by atoms with Crippen molar-refractivity contribution in [2.24, 2.45) is 0 Å². The predicted octanol–water partition coefficient (Wildman–Crippen LogP) is 6.12. The van der Waals surface area contributed by atoms with Crippen LogP contribution in [-0.2, 0) is 50.1 Å². The van der Waals surface area contributed by atoms with Crippen LogP contribution < -0.4 is 0 Å². The third-order valence-corrected chi connectivity index (χ3v) is 7.19. The molecule has 3 unspecified atom stereocenters. The summed E-state index contributed by atoms with van der Waals surface area (Å²) < 4.78 is 46.5. The number of alkyl halides is 1. The molecule has 4 aromatic carbocycles. The van der Waals surface area contributed by atoms with Gasteiger partial charge in [-0.3, -0.25) is 0 Å². The molecule has 6 heteroatoms. The molecular weight excluding hydrogens is 483 g/mol. The lowest BCUT2D eigenvalue weighted by Crippen LogP contribution is -2.60. The van der Waals surface area contributed by atoms with Gasteiger partial charge in [0, 0.05) is 0 Å². The number of hydrogen-bond acceptors (Lipinski definition) is 5. The van der Waals surface area contributed by atoms with Gasteiger partial charge in [0.25, 0.3) is 0 Å². The van der Waals surface area contributed by atoms with E-state index in [0.29, 0.717) is 13.2 Å². The van der Waals surface area contributed by atoms with Gasteiger partial charge < -0.3 is 23.7 Å². The Bertz CT molecular complexity index is 1330. The summed E-state index contributed by atoms with van der Waals surface area (Å²) in [4.78, 5) is 0. The molecule has 2 aliphatic heterocycles. The Balaban J connectivity index is 1.30. The van der Waals surface area contributed by atoms with E-state index in [2.05, 4.69) is 24.3 Å². The van der Waals surface area contributed by atoms with Crippen LogP contribution in [0.4, 0.5) is 4.39 Å². The van der Waals surface area contributed by atoms with Gasteiger partial charge in [0.2, 0.25) is 6.36 Å². The fourth-order valence-electron chi connectivity index (χ4n) is 5.17. The first kappa shape index (κ1) is 25.2. The molecule has 0 spiro atoms. The first-order chi connectivity index (χ1) is 18.7. The lowest BCUT2D eigenvalue weighted by molar-refractivity contribution is -0.299. The van der Waals surface area contributed by atoms with Crippen molar-refractivity contribution in [1.29, 1.82) is 0 Å². The van der Waals surface area contributed by atoms with Crippen molar-refractivity contribution in [2.45, 2.75) is 57.2 Å².